The number of hydrogen-bond acceptors (Lipinski definition) is 3. The molecule has 0 aromatic rings. The number of rotatable bonds is 2. The van der Waals surface area contributed by atoms with Crippen molar-refractivity contribution < 1.29 is 0 Å². The molecule has 0 amide bonds. The van der Waals surface area contributed by atoms with Gasteiger partial charge >= 0.3 is 0 Å². The van der Waals surface area contributed by atoms with Gasteiger partial charge in [0.15, 0.2) is 0 Å². The Morgan fingerprint density at radius 2 is 1.84 bits per heavy atom. The molecule has 1 aliphatic heterocycles. The minimum absolute atomic E-state index is 0.363. The van der Waals surface area contributed by atoms with Crippen LogP contribution in [0.4, 0.5) is 0 Å². The van der Waals surface area contributed by atoms with Crippen molar-refractivity contribution in [1.29, 1.82) is 0 Å². The van der Waals surface area contributed by atoms with Crippen LogP contribution >= 0.6 is 11.8 Å². The van der Waals surface area contributed by atoms with Gasteiger partial charge in [0.1, 0.15) is 0 Å². The lowest BCUT2D eigenvalue weighted by atomic mass is 9.83. The fraction of sp³-hybridized carbons (Fsp3) is 1.00. The largest absolute Gasteiger partial charge is 0.311 e. The SMILES string of the molecule is CSC1CCCCC1N1CC(C(C)(C)C)NCC1C. The Bertz CT molecular complexity index is 287. The number of nitrogens with zero attached hydrogens (tertiary/aromatic N) is 1. The summed E-state index contributed by atoms with van der Waals surface area (Å²) in [6.07, 6.45) is 8.00. The van der Waals surface area contributed by atoms with E-state index in [4.69, 9.17) is 0 Å². The van der Waals surface area contributed by atoms with Gasteiger partial charge in [0.2, 0.25) is 0 Å². The van der Waals surface area contributed by atoms with Gasteiger partial charge in [0, 0.05) is 36.5 Å². The Hall–Kier alpha value is 0.270. The molecule has 0 aromatic heterocycles. The van der Waals surface area contributed by atoms with E-state index in [0.717, 1.165) is 17.8 Å². The summed E-state index contributed by atoms with van der Waals surface area (Å²) in [5, 5.41) is 4.62. The van der Waals surface area contributed by atoms with Crippen LogP contribution in [0.1, 0.15) is 53.4 Å². The lowest BCUT2D eigenvalue weighted by Gasteiger charge is -2.50. The lowest BCUT2D eigenvalue weighted by Crippen LogP contribution is -2.63. The molecule has 1 saturated carbocycles. The number of nitrogens with one attached hydrogen (secondary N) is 1. The van der Waals surface area contributed by atoms with Crippen LogP contribution in [-0.2, 0) is 0 Å². The number of thioether (sulfide) groups is 1. The summed E-state index contributed by atoms with van der Waals surface area (Å²) in [5.74, 6) is 0. The topological polar surface area (TPSA) is 15.3 Å². The molecule has 112 valence electrons. The van der Waals surface area contributed by atoms with Crippen LogP contribution in [0.3, 0.4) is 0 Å². The number of piperazine rings is 1. The Morgan fingerprint density at radius 3 is 2.47 bits per heavy atom. The molecule has 1 heterocycles. The molecule has 4 atom stereocenters. The maximum absolute atomic E-state index is 3.76. The van der Waals surface area contributed by atoms with Crippen molar-refractivity contribution in [2.45, 2.75) is 76.8 Å². The van der Waals surface area contributed by atoms with E-state index in [1.165, 1.54) is 32.2 Å². The van der Waals surface area contributed by atoms with Crippen molar-refractivity contribution >= 4 is 11.8 Å². The molecule has 2 rings (SSSR count). The standard InChI is InChI=1S/C16H32N2S/c1-12-10-17-15(16(2,3)4)11-18(12)13-8-6-7-9-14(13)19-5/h12-15,17H,6-11H2,1-5H3. The summed E-state index contributed by atoms with van der Waals surface area (Å²) in [7, 11) is 0. The zero-order valence-corrected chi connectivity index (χ0v) is 14.2. The van der Waals surface area contributed by atoms with E-state index < -0.39 is 0 Å². The molecular weight excluding hydrogens is 252 g/mol. The van der Waals surface area contributed by atoms with Gasteiger partial charge in [-0.05, 0) is 31.4 Å². The van der Waals surface area contributed by atoms with E-state index in [-0.39, 0.29) is 0 Å². The maximum atomic E-state index is 3.76. The minimum Gasteiger partial charge on any atom is -0.311 e. The predicted molar refractivity (Wildman–Crippen MR) is 87.0 cm³/mol. The molecule has 0 aromatic carbocycles. The molecule has 0 spiro atoms. The van der Waals surface area contributed by atoms with E-state index >= 15 is 0 Å². The third kappa shape index (κ3) is 3.68. The van der Waals surface area contributed by atoms with Gasteiger partial charge in [-0.15, -0.1) is 0 Å². The van der Waals surface area contributed by atoms with E-state index in [0.29, 0.717) is 17.5 Å². The van der Waals surface area contributed by atoms with Gasteiger partial charge in [-0.3, -0.25) is 4.90 Å². The van der Waals surface area contributed by atoms with Crippen LogP contribution in [-0.4, -0.2) is 47.6 Å². The molecule has 19 heavy (non-hydrogen) atoms. The van der Waals surface area contributed by atoms with Crippen LogP contribution in [0.25, 0.3) is 0 Å². The first-order chi connectivity index (χ1) is 8.93. The smallest absolute Gasteiger partial charge is 0.0244 e. The summed E-state index contributed by atoms with van der Waals surface area (Å²) >= 11 is 2.10. The van der Waals surface area contributed by atoms with Gasteiger partial charge in [0.05, 0.1) is 0 Å². The molecule has 2 fully saturated rings. The van der Waals surface area contributed by atoms with E-state index in [2.05, 4.69) is 55.9 Å². The normalized spacial score (nSPS) is 38.4. The van der Waals surface area contributed by atoms with Crippen LogP contribution in [0, 0.1) is 5.41 Å². The summed E-state index contributed by atoms with van der Waals surface area (Å²) in [5.41, 5.74) is 0.363. The molecule has 2 aliphatic rings. The first-order valence-electron chi connectivity index (χ1n) is 7.95. The van der Waals surface area contributed by atoms with E-state index in [1.807, 2.05) is 0 Å². The summed E-state index contributed by atoms with van der Waals surface area (Å²) < 4.78 is 0. The monoisotopic (exact) mass is 284 g/mol. The average Bonchev–Trinajstić information content (AvgIpc) is 2.38. The van der Waals surface area contributed by atoms with Crippen molar-refractivity contribution in [3.05, 3.63) is 0 Å². The molecule has 0 bridgehead atoms. The Morgan fingerprint density at radius 1 is 1.16 bits per heavy atom. The van der Waals surface area contributed by atoms with Gasteiger partial charge < -0.3 is 5.32 Å². The zero-order valence-electron chi connectivity index (χ0n) is 13.4. The first kappa shape index (κ1) is 15.7. The average molecular weight is 285 g/mol. The summed E-state index contributed by atoms with van der Waals surface area (Å²) in [6, 6.07) is 2.13. The minimum atomic E-state index is 0.363. The van der Waals surface area contributed by atoms with E-state index in [9.17, 15) is 0 Å². The van der Waals surface area contributed by atoms with Crippen LogP contribution in [0.5, 0.6) is 0 Å². The van der Waals surface area contributed by atoms with Gasteiger partial charge in [-0.2, -0.15) is 11.8 Å². The molecule has 3 heteroatoms. The highest BCUT2D eigenvalue weighted by Crippen LogP contribution is 2.34. The van der Waals surface area contributed by atoms with Gasteiger partial charge in [0.25, 0.3) is 0 Å². The lowest BCUT2D eigenvalue weighted by molar-refractivity contribution is 0.0451. The Kier molecular flexibility index (Phi) is 5.24. The Labute approximate surface area is 124 Å². The van der Waals surface area contributed by atoms with Crippen molar-refractivity contribution in [1.82, 2.24) is 10.2 Å². The fourth-order valence-electron chi connectivity index (χ4n) is 3.66. The highest BCUT2D eigenvalue weighted by molar-refractivity contribution is 7.99. The third-order valence-corrected chi connectivity index (χ3v) is 6.22. The fourth-order valence-corrected chi connectivity index (χ4v) is 4.67. The van der Waals surface area contributed by atoms with Crippen molar-refractivity contribution in [3.63, 3.8) is 0 Å². The van der Waals surface area contributed by atoms with Crippen molar-refractivity contribution in [2.75, 3.05) is 19.3 Å². The summed E-state index contributed by atoms with van der Waals surface area (Å²) in [6.45, 7) is 11.9. The molecule has 2 nitrogen and oxygen atoms in total. The second-order valence-electron chi connectivity index (χ2n) is 7.50. The van der Waals surface area contributed by atoms with Crippen molar-refractivity contribution in [3.8, 4) is 0 Å². The molecule has 1 aliphatic carbocycles. The van der Waals surface area contributed by atoms with Crippen LogP contribution in [0.2, 0.25) is 0 Å². The molecule has 1 N–H and O–H groups in total. The second kappa shape index (κ2) is 6.36. The van der Waals surface area contributed by atoms with Crippen LogP contribution < -0.4 is 5.32 Å². The highest BCUT2D eigenvalue weighted by Gasteiger charge is 2.38. The van der Waals surface area contributed by atoms with Gasteiger partial charge in [-0.25, -0.2) is 0 Å². The summed E-state index contributed by atoms with van der Waals surface area (Å²) in [4.78, 5) is 2.83. The van der Waals surface area contributed by atoms with Gasteiger partial charge in [-0.1, -0.05) is 33.6 Å². The van der Waals surface area contributed by atoms with Crippen molar-refractivity contribution in [2.24, 2.45) is 5.41 Å². The molecule has 1 saturated heterocycles. The second-order valence-corrected chi connectivity index (χ2v) is 8.58. The predicted octanol–water partition coefficient (Wildman–Crippen LogP) is 3.37. The molecule has 0 radical (unpaired) electrons. The number of hydrogen-bond donors (Lipinski definition) is 1. The third-order valence-electron chi connectivity index (χ3n) is 5.06. The quantitative estimate of drug-likeness (QED) is 0.837. The van der Waals surface area contributed by atoms with Crippen LogP contribution in [0.15, 0.2) is 0 Å². The molecule has 4 unspecified atom stereocenters. The van der Waals surface area contributed by atoms with E-state index in [1.54, 1.807) is 0 Å². The first-order valence-corrected chi connectivity index (χ1v) is 9.24. The highest BCUT2D eigenvalue weighted by atomic mass is 32.2. The zero-order chi connectivity index (χ0) is 14.0. The molecular formula is C16H32N2S. The Balaban J connectivity index is 2.07. The maximum Gasteiger partial charge on any atom is 0.0244 e.